The number of allylic oxidation sites excluding steroid dienone is 1. The molecule has 0 aromatic carbocycles. The quantitative estimate of drug-likeness (QED) is 0.562. The van der Waals surface area contributed by atoms with Crippen molar-refractivity contribution in [2.24, 2.45) is 5.92 Å². The molecular formula is C16H27NO3. The fourth-order valence-corrected chi connectivity index (χ4v) is 3.09. The van der Waals surface area contributed by atoms with E-state index in [4.69, 9.17) is 0 Å². The number of nitrogens with one attached hydrogen (secondary N) is 1. The minimum absolute atomic E-state index is 0.0664. The molecule has 2 aliphatic carbocycles. The van der Waals surface area contributed by atoms with Crippen LogP contribution in [0.15, 0.2) is 23.5 Å². The maximum atomic E-state index is 9.53. The predicted octanol–water partition coefficient (Wildman–Crippen LogP) is 2.04. The van der Waals surface area contributed by atoms with Crippen molar-refractivity contribution in [3.63, 3.8) is 0 Å². The third-order valence-electron chi connectivity index (χ3n) is 4.31. The first-order valence-electron chi connectivity index (χ1n) is 7.80. The summed E-state index contributed by atoms with van der Waals surface area (Å²) in [5, 5.41) is 31.9. The standard InChI is InChI=1S/C16H27NO3/c18-14-3-1-12(2-4-14)5-7-17-8-6-13-9-15(19)11-16(20)10-13/h9-10,12,14-15,17-20H,1-8,11H2. The molecule has 4 heteroatoms. The van der Waals surface area contributed by atoms with Gasteiger partial charge in [0.05, 0.1) is 18.0 Å². The highest BCUT2D eigenvalue weighted by molar-refractivity contribution is 5.27. The summed E-state index contributed by atoms with van der Waals surface area (Å²) in [5.74, 6) is 1.03. The van der Waals surface area contributed by atoms with Gasteiger partial charge in [-0.25, -0.2) is 0 Å². The number of aliphatic hydroxyl groups is 3. The number of rotatable bonds is 6. The van der Waals surface area contributed by atoms with Gasteiger partial charge in [-0.2, -0.15) is 0 Å². The summed E-state index contributed by atoms with van der Waals surface area (Å²) in [6.07, 6.45) is 9.55. The molecule has 2 rings (SSSR count). The van der Waals surface area contributed by atoms with Gasteiger partial charge in [0.1, 0.15) is 0 Å². The van der Waals surface area contributed by atoms with Gasteiger partial charge in [0, 0.05) is 6.42 Å². The van der Waals surface area contributed by atoms with Crippen molar-refractivity contribution < 1.29 is 15.3 Å². The number of hydrogen-bond acceptors (Lipinski definition) is 4. The first-order chi connectivity index (χ1) is 9.63. The zero-order chi connectivity index (χ0) is 14.4. The van der Waals surface area contributed by atoms with Crippen LogP contribution in [-0.2, 0) is 0 Å². The zero-order valence-corrected chi connectivity index (χ0v) is 12.1. The lowest BCUT2D eigenvalue weighted by Gasteiger charge is -2.25. The molecule has 114 valence electrons. The van der Waals surface area contributed by atoms with Gasteiger partial charge >= 0.3 is 0 Å². The van der Waals surface area contributed by atoms with Crippen LogP contribution in [0.25, 0.3) is 0 Å². The molecule has 1 atom stereocenters. The minimum Gasteiger partial charge on any atom is -0.512 e. The van der Waals surface area contributed by atoms with Crippen LogP contribution in [0.3, 0.4) is 0 Å². The summed E-state index contributed by atoms with van der Waals surface area (Å²) in [6, 6.07) is 0. The maximum Gasteiger partial charge on any atom is 0.0954 e. The summed E-state index contributed by atoms with van der Waals surface area (Å²) >= 11 is 0. The van der Waals surface area contributed by atoms with E-state index in [1.165, 1.54) is 6.42 Å². The molecule has 2 aliphatic rings. The Kier molecular flexibility index (Phi) is 6.07. The van der Waals surface area contributed by atoms with Crippen LogP contribution in [-0.4, -0.2) is 40.6 Å². The summed E-state index contributed by atoms with van der Waals surface area (Å²) in [6.45, 7) is 1.88. The van der Waals surface area contributed by atoms with Crippen molar-refractivity contribution in [2.75, 3.05) is 13.1 Å². The topological polar surface area (TPSA) is 72.7 Å². The number of aliphatic hydroxyl groups excluding tert-OH is 3. The molecule has 0 aliphatic heterocycles. The Hall–Kier alpha value is -0.840. The molecule has 1 unspecified atom stereocenters. The van der Waals surface area contributed by atoms with Crippen molar-refractivity contribution in [1.82, 2.24) is 5.32 Å². The van der Waals surface area contributed by atoms with Crippen LogP contribution in [0.2, 0.25) is 0 Å². The summed E-state index contributed by atoms with van der Waals surface area (Å²) in [7, 11) is 0. The van der Waals surface area contributed by atoms with E-state index < -0.39 is 6.10 Å². The molecule has 0 amide bonds. The highest BCUT2D eigenvalue weighted by Gasteiger charge is 2.18. The maximum absolute atomic E-state index is 9.53. The zero-order valence-electron chi connectivity index (χ0n) is 12.1. The van der Waals surface area contributed by atoms with E-state index in [9.17, 15) is 15.3 Å². The average Bonchev–Trinajstić information content (AvgIpc) is 2.39. The molecule has 0 radical (unpaired) electrons. The largest absolute Gasteiger partial charge is 0.512 e. The van der Waals surface area contributed by atoms with Gasteiger partial charge in [-0.15, -0.1) is 0 Å². The van der Waals surface area contributed by atoms with E-state index >= 15 is 0 Å². The smallest absolute Gasteiger partial charge is 0.0954 e. The van der Waals surface area contributed by atoms with Crippen molar-refractivity contribution in [1.29, 1.82) is 0 Å². The average molecular weight is 281 g/mol. The number of hydrogen-bond donors (Lipinski definition) is 4. The summed E-state index contributed by atoms with van der Waals surface area (Å²) in [5.41, 5.74) is 1.01. The van der Waals surface area contributed by atoms with E-state index in [2.05, 4.69) is 5.32 Å². The third kappa shape index (κ3) is 5.27. The Bertz CT molecular complexity index is 357. The van der Waals surface area contributed by atoms with E-state index in [1.807, 2.05) is 6.08 Å². The molecule has 0 saturated heterocycles. The molecular weight excluding hydrogens is 254 g/mol. The second-order valence-corrected chi connectivity index (χ2v) is 6.11. The van der Waals surface area contributed by atoms with Gasteiger partial charge in [-0.1, -0.05) is 6.08 Å². The van der Waals surface area contributed by atoms with Crippen LogP contribution >= 0.6 is 0 Å². The molecule has 0 aromatic heterocycles. The van der Waals surface area contributed by atoms with Crippen molar-refractivity contribution in [3.8, 4) is 0 Å². The highest BCUT2D eigenvalue weighted by atomic mass is 16.3. The highest BCUT2D eigenvalue weighted by Crippen LogP contribution is 2.26. The molecule has 1 saturated carbocycles. The Labute approximate surface area is 121 Å². The molecule has 0 aromatic rings. The predicted molar refractivity (Wildman–Crippen MR) is 79.5 cm³/mol. The first-order valence-corrected chi connectivity index (χ1v) is 7.80. The normalized spacial score (nSPS) is 30.8. The Morgan fingerprint density at radius 1 is 1.10 bits per heavy atom. The van der Waals surface area contributed by atoms with Gasteiger partial charge < -0.3 is 20.6 Å². The second kappa shape index (κ2) is 7.81. The SMILES string of the molecule is OC1=CC(CCNCCC2CCC(O)CC2)=CC(O)C1. The lowest BCUT2D eigenvalue weighted by Crippen LogP contribution is -2.24. The Balaban J connectivity index is 1.56. The molecule has 4 nitrogen and oxygen atoms in total. The van der Waals surface area contributed by atoms with Gasteiger partial charge in [-0.05, 0) is 69.2 Å². The van der Waals surface area contributed by atoms with Gasteiger partial charge in [-0.3, -0.25) is 0 Å². The molecule has 1 fully saturated rings. The first kappa shape index (κ1) is 15.5. The van der Waals surface area contributed by atoms with Crippen LogP contribution in [0.4, 0.5) is 0 Å². The van der Waals surface area contributed by atoms with Gasteiger partial charge in [0.15, 0.2) is 0 Å². The van der Waals surface area contributed by atoms with Gasteiger partial charge in [0.2, 0.25) is 0 Å². The minimum atomic E-state index is -0.538. The molecule has 20 heavy (non-hydrogen) atoms. The molecule has 0 spiro atoms. The van der Waals surface area contributed by atoms with Crippen molar-refractivity contribution in [2.45, 2.75) is 57.2 Å². The fourth-order valence-electron chi connectivity index (χ4n) is 3.09. The van der Waals surface area contributed by atoms with Crippen LogP contribution in [0, 0.1) is 5.92 Å². The molecule has 0 bridgehead atoms. The van der Waals surface area contributed by atoms with Gasteiger partial charge in [0.25, 0.3) is 0 Å². The van der Waals surface area contributed by atoms with E-state index in [1.54, 1.807) is 6.08 Å². The van der Waals surface area contributed by atoms with Crippen LogP contribution in [0.1, 0.15) is 44.9 Å². The van der Waals surface area contributed by atoms with E-state index in [0.717, 1.165) is 56.7 Å². The molecule has 4 N–H and O–H groups in total. The van der Waals surface area contributed by atoms with Crippen molar-refractivity contribution >= 4 is 0 Å². The second-order valence-electron chi connectivity index (χ2n) is 6.11. The summed E-state index contributed by atoms with van der Waals surface area (Å²) in [4.78, 5) is 0. The monoisotopic (exact) mass is 281 g/mol. The lowest BCUT2D eigenvalue weighted by atomic mass is 9.85. The molecule has 0 heterocycles. The lowest BCUT2D eigenvalue weighted by molar-refractivity contribution is 0.106. The van der Waals surface area contributed by atoms with E-state index in [-0.39, 0.29) is 11.9 Å². The fraction of sp³-hybridized carbons (Fsp3) is 0.750. The Morgan fingerprint density at radius 2 is 1.85 bits per heavy atom. The third-order valence-corrected chi connectivity index (χ3v) is 4.31. The van der Waals surface area contributed by atoms with Crippen LogP contribution < -0.4 is 5.32 Å². The van der Waals surface area contributed by atoms with Crippen LogP contribution in [0.5, 0.6) is 0 Å². The summed E-state index contributed by atoms with van der Waals surface area (Å²) < 4.78 is 0. The Morgan fingerprint density at radius 3 is 2.55 bits per heavy atom. The van der Waals surface area contributed by atoms with E-state index in [0.29, 0.717) is 6.42 Å². The van der Waals surface area contributed by atoms with Crippen molar-refractivity contribution in [3.05, 3.63) is 23.5 Å².